The zero-order valence-electron chi connectivity index (χ0n) is 18.8. The molecule has 0 unspecified atom stereocenters. The first-order valence-electron chi connectivity index (χ1n) is 11.4. The number of hydrogen-bond donors (Lipinski definition) is 1. The third-order valence-electron chi connectivity index (χ3n) is 5.95. The number of halogens is 1. The van der Waals surface area contributed by atoms with E-state index in [0.717, 1.165) is 37.8 Å². The van der Waals surface area contributed by atoms with E-state index in [-0.39, 0.29) is 11.8 Å². The molecule has 32 heavy (non-hydrogen) atoms. The summed E-state index contributed by atoms with van der Waals surface area (Å²) in [6.45, 7) is 4.91. The quantitative estimate of drug-likeness (QED) is 0.404. The van der Waals surface area contributed by atoms with Crippen molar-refractivity contribution in [2.45, 2.75) is 58.5 Å². The largest absolute Gasteiger partial charge is 0.477 e. The molecule has 2 aromatic rings. The number of hydrogen-bond acceptors (Lipinski definition) is 3. The fourth-order valence-electron chi connectivity index (χ4n) is 4.16. The van der Waals surface area contributed by atoms with Crippen molar-refractivity contribution in [3.63, 3.8) is 0 Å². The average Bonchev–Trinajstić information content (AvgIpc) is 2.79. The summed E-state index contributed by atoms with van der Waals surface area (Å²) in [6, 6.07) is 14.4. The summed E-state index contributed by atoms with van der Waals surface area (Å²) in [5, 5.41) is 0.172. The summed E-state index contributed by atoms with van der Waals surface area (Å²) >= 11 is 10.1. The van der Waals surface area contributed by atoms with Crippen LogP contribution in [0.1, 0.15) is 64.0 Å². The summed E-state index contributed by atoms with van der Waals surface area (Å²) in [6.07, 6.45) is 5.17. The van der Waals surface area contributed by atoms with Gasteiger partial charge in [-0.3, -0.25) is 9.59 Å². The van der Waals surface area contributed by atoms with Gasteiger partial charge in [-0.05, 0) is 55.5 Å². The number of rotatable bonds is 9. The summed E-state index contributed by atoms with van der Waals surface area (Å²) in [4.78, 5) is 28.0. The molecule has 0 aliphatic heterocycles. The molecule has 3 rings (SSSR count). The van der Waals surface area contributed by atoms with Gasteiger partial charge in [0.1, 0.15) is 5.75 Å². The average molecular weight is 474 g/mol. The molecule has 0 aromatic heterocycles. The number of para-hydroxylation sites is 1. The van der Waals surface area contributed by atoms with E-state index < -0.39 is 11.2 Å². The molecule has 1 aliphatic carbocycles. The smallest absolute Gasteiger partial charge is 0.231 e. The molecule has 0 heterocycles. The second-order valence-electron chi connectivity index (χ2n) is 8.86. The monoisotopic (exact) mass is 473 g/mol. The molecule has 0 radical (unpaired) electrons. The maximum atomic E-state index is 13.6. The minimum atomic E-state index is -0.934. The maximum Gasteiger partial charge on any atom is 0.231 e. The highest BCUT2D eigenvalue weighted by Crippen LogP contribution is 2.35. The van der Waals surface area contributed by atoms with Crippen LogP contribution in [0.2, 0.25) is 5.02 Å². The molecule has 1 saturated carbocycles. The lowest BCUT2D eigenvalue weighted by Crippen LogP contribution is -2.39. The SMILES string of the molecule is CC(C)CCN(C(=O)C1CCCCC1)c1ccccc1[C@H](Oc1ccc(Cl)cc1)C(=O)S. The van der Waals surface area contributed by atoms with Crippen LogP contribution in [0.3, 0.4) is 0 Å². The number of thiol groups is 1. The van der Waals surface area contributed by atoms with Gasteiger partial charge < -0.3 is 9.64 Å². The zero-order valence-corrected chi connectivity index (χ0v) is 20.4. The third-order valence-corrected chi connectivity index (χ3v) is 6.44. The van der Waals surface area contributed by atoms with Gasteiger partial charge in [0.05, 0.1) is 5.69 Å². The Labute approximate surface area is 201 Å². The van der Waals surface area contributed by atoms with Crippen molar-refractivity contribution in [1.29, 1.82) is 0 Å². The minimum Gasteiger partial charge on any atom is -0.477 e. The van der Waals surface area contributed by atoms with E-state index in [9.17, 15) is 9.59 Å². The molecule has 6 heteroatoms. The van der Waals surface area contributed by atoms with Crippen LogP contribution in [-0.2, 0) is 9.59 Å². The summed E-state index contributed by atoms with van der Waals surface area (Å²) in [7, 11) is 0. The second kappa shape index (κ2) is 11.8. The molecule has 2 aromatic carbocycles. The minimum absolute atomic E-state index is 0.0336. The Morgan fingerprint density at radius 2 is 1.72 bits per heavy atom. The molecule has 0 saturated heterocycles. The van der Waals surface area contributed by atoms with Crippen molar-refractivity contribution in [3.8, 4) is 5.75 Å². The van der Waals surface area contributed by atoms with Gasteiger partial charge in [0.15, 0.2) is 6.10 Å². The Hall–Kier alpha value is -1.98. The lowest BCUT2D eigenvalue weighted by atomic mass is 9.87. The van der Waals surface area contributed by atoms with E-state index in [1.54, 1.807) is 24.3 Å². The first-order valence-corrected chi connectivity index (χ1v) is 12.2. The summed E-state index contributed by atoms with van der Waals surface area (Å²) in [5.74, 6) is 1.15. The van der Waals surface area contributed by atoms with Gasteiger partial charge in [0.25, 0.3) is 0 Å². The van der Waals surface area contributed by atoms with Crippen LogP contribution < -0.4 is 9.64 Å². The summed E-state index contributed by atoms with van der Waals surface area (Å²) < 4.78 is 6.04. The topological polar surface area (TPSA) is 46.6 Å². The van der Waals surface area contributed by atoms with Crippen LogP contribution in [-0.4, -0.2) is 17.6 Å². The van der Waals surface area contributed by atoms with Crippen LogP contribution in [0.25, 0.3) is 0 Å². The lowest BCUT2D eigenvalue weighted by Gasteiger charge is -2.32. The molecule has 1 fully saturated rings. The van der Waals surface area contributed by atoms with Crippen molar-refractivity contribution < 1.29 is 14.3 Å². The number of ether oxygens (including phenoxy) is 1. The van der Waals surface area contributed by atoms with Crippen molar-refractivity contribution in [1.82, 2.24) is 0 Å². The zero-order chi connectivity index (χ0) is 23.1. The standard InChI is InChI=1S/C26H32ClNO3S/c1-18(2)16-17-28(25(29)19-8-4-3-5-9-19)23-11-7-6-10-22(23)24(26(30)32)31-21-14-12-20(27)13-15-21/h6-7,10-15,18-19,24H,3-5,8-9,16-17H2,1-2H3,(H,30,32)/t24-/m0/s1. The van der Waals surface area contributed by atoms with Crippen molar-refractivity contribution in [2.75, 3.05) is 11.4 Å². The van der Waals surface area contributed by atoms with Crippen LogP contribution in [0.4, 0.5) is 5.69 Å². The molecule has 0 bridgehead atoms. The molecule has 172 valence electrons. The van der Waals surface area contributed by atoms with Crippen molar-refractivity contribution >= 4 is 40.9 Å². The van der Waals surface area contributed by atoms with E-state index in [4.69, 9.17) is 16.3 Å². The van der Waals surface area contributed by atoms with Gasteiger partial charge in [-0.25, -0.2) is 0 Å². The van der Waals surface area contributed by atoms with E-state index in [0.29, 0.717) is 28.8 Å². The van der Waals surface area contributed by atoms with Gasteiger partial charge in [-0.1, -0.05) is 62.9 Å². The normalized spacial score (nSPS) is 15.4. The predicted molar refractivity (Wildman–Crippen MR) is 134 cm³/mol. The van der Waals surface area contributed by atoms with Gasteiger partial charge in [-0.15, -0.1) is 12.6 Å². The van der Waals surface area contributed by atoms with Crippen LogP contribution in [0.5, 0.6) is 5.75 Å². The van der Waals surface area contributed by atoms with E-state index >= 15 is 0 Å². The first-order chi connectivity index (χ1) is 15.4. The Bertz CT molecular complexity index is 910. The number of anilines is 1. The van der Waals surface area contributed by atoms with Crippen molar-refractivity contribution in [2.24, 2.45) is 11.8 Å². The Kier molecular flexibility index (Phi) is 9.06. The molecule has 0 N–H and O–H groups in total. The predicted octanol–water partition coefficient (Wildman–Crippen LogP) is 6.88. The lowest BCUT2D eigenvalue weighted by molar-refractivity contribution is -0.123. The van der Waals surface area contributed by atoms with Gasteiger partial charge >= 0.3 is 0 Å². The number of benzene rings is 2. The highest BCUT2D eigenvalue weighted by Gasteiger charge is 2.31. The van der Waals surface area contributed by atoms with Gasteiger partial charge in [0.2, 0.25) is 11.0 Å². The third kappa shape index (κ3) is 6.52. The van der Waals surface area contributed by atoms with E-state index in [1.807, 2.05) is 29.2 Å². The fourth-order valence-corrected chi connectivity index (χ4v) is 4.48. The van der Waals surface area contributed by atoms with Crippen LogP contribution in [0, 0.1) is 11.8 Å². The van der Waals surface area contributed by atoms with E-state index in [2.05, 4.69) is 26.5 Å². The Morgan fingerprint density at radius 1 is 1.06 bits per heavy atom. The number of nitrogens with zero attached hydrogens (tertiary/aromatic N) is 1. The molecule has 4 nitrogen and oxygen atoms in total. The molecular weight excluding hydrogens is 442 g/mol. The molecule has 0 spiro atoms. The number of amides is 1. The highest BCUT2D eigenvalue weighted by atomic mass is 35.5. The fraction of sp³-hybridized carbons (Fsp3) is 0.462. The molecule has 1 atom stereocenters. The maximum absolute atomic E-state index is 13.6. The molecule has 1 amide bonds. The number of carbonyl (C=O) groups is 2. The second-order valence-corrected chi connectivity index (χ2v) is 9.73. The van der Waals surface area contributed by atoms with Crippen LogP contribution >= 0.6 is 24.2 Å². The van der Waals surface area contributed by atoms with Crippen molar-refractivity contribution in [3.05, 3.63) is 59.1 Å². The Balaban J connectivity index is 1.96. The Morgan fingerprint density at radius 3 is 2.34 bits per heavy atom. The number of carbonyl (C=O) groups excluding carboxylic acids is 2. The molecule has 1 aliphatic rings. The van der Waals surface area contributed by atoms with Gasteiger partial charge in [-0.2, -0.15) is 0 Å². The first kappa shape index (κ1) is 24.7. The molecular formula is C26H32ClNO3S. The van der Waals surface area contributed by atoms with Crippen LogP contribution in [0.15, 0.2) is 48.5 Å². The van der Waals surface area contributed by atoms with E-state index in [1.165, 1.54) is 6.42 Å². The van der Waals surface area contributed by atoms with Gasteiger partial charge in [0, 0.05) is 23.0 Å². The summed E-state index contributed by atoms with van der Waals surface area (Å²) in [5.41, 5.74) is 1.38. The highest BCUT2D eigenvalue weighted by molar-refractivity contribution is 7.96.